The maximum absolute atomic E-state index is 13.0. The molecule has 0 saturated carbocycles. The van der Waals surface area contributed by atoms with Crippen molar-refractivity contribution in [3.05, 3.63) is 64.6 Å². The normalized spacial score (nSPS) is 20.6. The van der Waals surface area contributed by atoms with Gasteiger partial charge in [-0.25, -0.2) is 4.99 Å². The number of benzene rings is 2. The van der Waals surface area contributed by atoms with Crippen molar-refractivity contribution in [2.45, 2.75) is 12.5 Å². The lowest BCUT2D eigenvalue weighted by Crippen LogP contribution is -2.42. The highest BCUT2D eigenvalue weighted by molar-refractivity contribution is 9.10. The van der Waals surface area contributed by atoms with Gasteiger partial charge in [-0.2, -0.15) is 5.01 Å². The SMILES string of the molecule is CSC1=N[C@](C)(c2ccc(Br)cc2)C(=O)N1Nc1ccccc1. The smallest absolute Gasteiger partial charge is 0.279 e. The highest BCUT2D eigenvalue weighted by Crippen LogP contribution is 2.36. The van der Waals surface area contributed by atoms with Crippen molar-refractivity contribution in [3.63, 3.8) is 0 Å². The van der Waals surface area contributed by atoms with Crippen molar-refractivity contribution in [3.8, 4) is 0 Å². The molecule has 3 rings (SSSR count). The minimum Gasteiger partial charge on any atom is -0.289 e. The van der Waals surface area contributed by atoms with Crippen LogP contribution in [0.1, 0.15) is 12.5 Å². The summed E-state index contributed by atoms with van der Waals surface area (Å²) in [5.41, 5.74) is 3.95. The monoisotopic (exact) mass is 389 g/mol. The van der Waals surface area contributed by atoms with Crippen molar-refractivity contribution in [1.82, 2.24) is 5.01 Å². The topological polar surface area (TPSA) is 44.7 Å². The van der Waals surface area contributed by atoms with E-state index >= 15 is 0 Å². The molecule has 0 spiro atoms. The van der Waals surface area contributed by atoms with Gasteiger partial charge in [-0.1, -0.05) is 58.0 Å². The maximum Gasteiger partial charge on any atom is 0.279 e. The molecule has 0 unspecified atom stereocenters. The summed E-state index contributed by atoms with van der Waals surface area (Å²) >= 11 is 4.87. The minimum atomic E-state index is -0.916. The number of para-hydroxylation sites is 1. The van der Waals surface area contributed by atoms with Gasteiger partial charge in [0.15, 0.2) is 10.7 Å². The Morgan fingerprint density at radius 1 is 1.13 bits per heavy atom. The molecule has 6 heteroatoms. The second kappa shape index (κ2) is 6.37. The quantitative estimate of drug-likeness (QED) is 0.852. The van der Waals surface area contributed by atoms with Gasteiger partial charge in [0, 0.05) is 4.47 Å². The zero-order valence-electron chi connectivity index (χ0n) is 12.8. The van der Waals surface area contributed by atoms with E-state index in [4.69, 9.17) is 0 Å². The number of amidine groups is 1. The van der Waals surface area contributed by atoms with Gasteiger partial charge in [0.1, 0.15) is 0 Å². The third-order valence-electron chi connectivity index (χ3n) is 3.73. The number of amides is 1. The average molecular weight is 390 g/mol. The maximum atomic E-state index is 13.0. The zero-order chi connectivity index (χ0) is 16.4. The number of hydrogen-bond donors (Lipinski definition) is 1. The standard InChI is InChI=1S/C17H16BrN3OS/c1-17(12-8-10-13(18)11-9-12)15(22)21(16(19-17)23-2)20-14-6-4-3-5-7-14/h3-11,20H,1-2H3/t17-/m1/s1. The molecular formula is C17H16BrN3OS. The van der Waals surface area contributed by atoms with E-state index in [0.717, 1.165) is 15.7 Å². The number of anilines is 1. The number of hydrazine groups is 1. The molecule has 1 N–H and O–H groups in total. The van der Waals surface area contributed by atoms with E-state index in [1.807, 2.05) is 67.8 Å². The van der Waals surface area contributed by atoms with Gasteiger partial charge in [0.2, 0.25) is 0 Å². The van der Waals surface area contributed by atoms with E-state index in [2.05, 4.69) is 26.3 Å². The van der Waals surface area contributed by atoms with Gasteiger partial charge in [-0.05, 0) is 43.0 Å². The van der Waals surface area contributed by atoms with Gasteiger partial charge in [-0.3, -0.25) is 10.2 Å². The fourth-order valence-corrected chi connectivity index (χ4v) is 3.28. The highest BCUT2D eigenvalue weighted by Gasteiger charge is 2.46. The Kier molecular flexibility index (Phi) is 4.46. The van der Waals surface area contributed by atoms with E-state index in [0.29, 0.717) is 5.17 Å². The number of carbonyl (C=O) groups excluding carboxylic acids is 1. The predicted octanol–water partition coefficient (Wildman–Crippen LogP) is 4.25. The molecule has 1 amide bonds. The van der Waals surface area contributed by atoms with E-state index < -0.39 is 5.54 Å². The first-order valence-electron chi connectivity index (χ1n) is 7.11. The third-order valence-corrected chi connectivity index (χ3v) is 4.90. The molecule has 0 radical (unpaired) electrons. The molecule has 2 aromatic carbocycles. The fraction of sp³-hybridized carbons (Fsp3) is 0.176. The van der Waals surface area contributed by atoms with Crippen molar-refractivity contribution in [2.75, 3.05) is 11.7 Å². The van der Waals surface area contributed by atoms with Gasteiger partial charge in [0.25, 0.3) is 5.91 Å². The van der Waals surface area contributed by atoms with E-state index in [1.165, 1.54) is 16.8 Å². The highest BCUT2D eigenvalue weighted by atomic mass is 79.9. The molecule has 23 heavy (non-hydrogen) atoms. The van der Waals surface area contributed by atoms with E-state index in [1.54, 1.807) is 0 Å². The van der Waals surface area contributed by atoms with Crippen LogP contribution in [-0.2, 0) is 10.3 Å². The van der Waals surface area contributed by atoms with Gasteiger partial charge in [-0.15, -0.1) is 0 Å². The lowest BCUT2D eigenvalue weighted by molar-refractivity contribution is -0.129. The second-order valence-electron chi connectivity index (χ2n) is 5.30. The van der Waals surface area contributed by atoms with Crippen LogP contribution in [0.25, 0.3) is 0 Å². The second-order valence-corrected chi connectivity index (χ2v) is 6.99. The summed E-state index contributed by atoms with van der Waals surface area (Å²) < 4.78 is 0.976. The molecule has 0 aliphatic carbocycles. The summed E-state index contributed by atoms with van der Waals surface area (Å²) in [7, 11) is 0. The fourth-order valence-electron chi connectivity index (χ4n) is 2.43. The summed E-state index contributed by atoms with van der Waals surface area (Å²) in [6.45, 7) is 1.85. The lowest BCUT2D eigenvalue weighted by atomic mass is 9.92. The molecule has 1 heterocycles. The first-order chi connectivity index (χ1) is 11.0. The summed E-state index contributed by atoms with van der Waals surface area (Å²) in [4.78, 5) is 17.7. The number of aliphatic imine (C=N–C) groups is 1. The summed E-state index contributed by atoms with van der Waals surface area (Å²) in [5.74, 6) is -0.0898. The van der Waals surface area contributed by atoms with Crippen LogP contribution in [0, 0.1) is 0 Å². The van der Waals surface area contributed by atoms with Crippen molar-refractivity contribution in [1.29, 1.82) is 0 Å². The van der Waals surface area contributed by atoms with Crippen molar-refractivity contribution in [2.24, 2.45) is 4.99 Å². The Bertz CT molecular complexity index is 748. The number of nitrogens with zero attached hydrogens (tertiary/aromatic N) is 2. The number of rotatable bonds is 3. The molecule has 1 atom stereocenters. The molecule has 0 fully saturated rings. The van der Waals surface area contributed by atoms with Crippen LogP contribution in [0.5, 0.6) is 0 Å². The van der Waals surface area contributed by atoms with Crippen LogP contribution < -0.4 is 5.43 Å². The molecule has 118 valence electrons. The lowest BCUT2D eigenvalue weighted by Gasteiger charge is -2.24. The Morgan fingerprint density at radius 3 is 2.39 bits per heavy atom. The first kappa shape index (κ1) is 16.1. The molecule has 1 aliphatic rings. The van der Waals surface area contributed by atoms with Crippen molar-refractivity contribution >= 4 is 44.5 Å². The first-order valence-corrected chi connectivity index (χ1v) is 9.12. The molecule has 2 aromatic rings. The number of halogens is 1. The Hall–Kier alpha value is -1.79. The Labute approximate surface area is 148 Å². The number of carbonyl (C=O) groups is 1. The molecule has 4 nitrogen and oxygen atoms in total. The van der Waals surface area contributed by atoms with Crippen LogP contribution >= 0.6 is 27.7 Å². The van der Waals surface area contributed by atoms with Crippen molar-refractivity contribution < 1.29 is 4.79 Å². The van der Waals surface area contributed by atoms with E-state index in [-0.39, 0.29) is 5.91 Å². The average Bonchev–Trinajstić information content (AvgIpc) is 2.82. The molecule has 0 bridgehead atoms. The molecule has 1 aliphatic heterocycles. The third kappa shape index (κ3) is 3.01. The Balaban J connectivity index is 1.94. The largest absolute Gasteiger partial charge is 0.289 e. The molecule has 0 aromatic heterocycles. The van der Waals surface area contributed by atoms with Crippen LogP contribution in [0.15, 0.2) is 64.1 Å². The summed E-state index contributed by atoms with van der Waals surface area (Å²) in [5, 5.41) is 2.19. The van der Waals surface area contributed by atoms with Crippen LogP contribution in [0.4, 0.5) is 5.69 Å². The zero-order valence-corrected chi connectivity index (χ0v) is 15.2. The van der Waals surface area contributed by atoms with Gasteiger partial charge >= 0.3 is 0 Å². The predicted molar refractivity (Wildman–Crippen MR) is 99.4 cm³/mol. The molecular weight excluding hydrogens is 374 g/mol. The van der Waals surface area contributed by atoms with Crippen LogP contribution in [-0.4, -0.2) is 22.3 Å². The number of hydrogen-bond acceptors (Lipinski definition) is 4. The molecule has 0 saturated heterocycles. The summed E-state index contributed by atoms with van der Waals surface area (Å²) in [6, 6.07) is 17.3. The Morgan fingerprint density at radius 2 is 1.78 bits per heavy atom. The minimum absolute atomic E-state index is 0.0898. The van der Waals surface area contributed by atoms with Crippen LogP contribution in [0.3, 0.4) is 0 Å². The summed E-state index contributed by atoms with van der Waals surface area (Å²) in [6.07, 6.45) is 1.92. The van der Waals surface area contributed by atoms with Gasteiger partial charge < -0.3 is 0 Å². The number of nitrogens with one attached hydrogen (secondary N) is 1. The van der Waals surface area contributed by atoms with Gasteiger partial charge in [0.05, 0.1) is 5.69 Å². The number of thioether (sulfide) groups is 1. The van der Waals surface area contributed by atoms with E-state index in [9.17, 15) is 4.79 Å². The van der Waals surface area contributed by atoms with Crippen LogP contribution in [0.2, 0.25) is 0 Å².